The van der Waals surface area contributed by atoms with E-state index in [1.165, 1.54) is 22.4 Å². The molecule has 1 saturated heterocycles. The third-order valence-electron chi connectivity index (χ3n) is 6.47. The third kappa shape index (κ3) is 4.19. The highest BCUT2D eigenvalue weighted by atomic mass is 15.2. The van der Waals surface area contributed by atoms with E-state index in [9.17, 15) is 0 Å². The van der Waals surface area contributed by atoms with Crippen molar-refractivity contribution in [1.29, 1.82) is 0 Å². The van der Waals surface area contributed by atoms with Crippen molar-refractivity contribution >= 4 is 28.0 Å². The monoisotopic (exact) mass is 422 g/mol. The van der Waals surface area contributed by atoms with Crippen molar-refractivity contribution < 1.29 is 0 Å². The largest absolute Gasteiger partial charge is 0.369 e. The fourth-order valence-electron chi connectivity index (χ4n) is 4.51. The molecule has 0 amide bonds. The van der Waals surface area contributed by atoms with Gasteiger partial charge in [0.15, 0.2) is 0 Å². The van der Waals surface area contributed by atoms with Crippen LogP contribution in [0.4, 0.5) is 17.1 Å². The van der Waals surface area contributed by atoms with Gasteiger partial charge in [0.1, 0.15) is 0 Å². The van der Waals surface area contributed by atoms with E-state index >= 15 is 0 Å². The Morgan fingerprint density at radius 3 is 2.44 bits per heavy atom. The second kappa shape index (κ2) is 9.01. The summed E-state index contributed by atoms with van der Waals surface area (Å²) in [5.41, 5.74) is 8.36. The molecule has 3 aromatic carbocycles. The Labute approximate surface area is 190 Å². The standard InChI is InChI=1S/C28H30N4/c1-3-21-6-4-5-7-25(21)22-8-13-27-26(20-22)28(14-15-29-27)30-23-9-11-24(12-10-23)32-18-16-31(2)17-19-32/h4-15,20H,3,16-19H2,1-2H3,(H,29,30). The molecule has 1 aromatic heterocycles. The number of piperazine rings is 1. The maximum atomic E-state index is 4.59. The third-order valence-corrected chi connectivity index (χ3v) is 6.47. The van der Waals surface area contributed by atoms with E-state index in [0.717, 1.165) is 54.9 Å². The molecule has 4 heteroatoms. The quantitative estimate of drug-likeness (QED) is 0.430. The highest BCUT2D eigenvalue weighted by molar-refractivity contribution is 5.96. The predicted octanol–water partition coefficient (Wildman–Crippen LogP) is 5.96. The molecule has 0 bridgehead atoms. The molecule has 0 spiro atoms. The second-order valence-corrected chi connectivity index (χ2v) is 8.56. The van der Waals surface area contributed by atoms with E-state index in [-0.39, 0.29) is 0 Å². The Balaban J connectivity index is 1.43. The molecule has 0 unspecified atom stereocenters. The molecule has 1 aliphatic heterocycles. The molecule has 4 nitrogen and oxygen atoms in total. The average Bonchev–Trinajstić information content (AvgIpc) is 2.85. The number of fused-ring (bicyclic) bond motifs is 1. The zero-order chi connectivity index (χ0) is 21.9. The molecule has 0 saturated carbocycles. The first kappa shape index (κ1) is 20.5. The Bertz CT molecular complexity index is 1210. The summed E-state index contributed by atoms with van der Waals surface area (Å²) in [6.45, 7) is 6.61. The van der Waals surface area contributed by atoms with Crippen LogP contribution in [-0.2, 0) is 6.42 Å². The molecule has 1 aliphatic rings. The van der Waals surface area contributed by atoms with Crippen LogP contribution in [0, 0.1) is 0 Å². The lowest BCUT2D eigenvalue weighted by molar-refractivity contribution is 0.313. The maximum absolute atomic E-state index is 4.59. The molecule has 1 fully saturated rings. The van der Waals surface area contributed by atoms with Gasteiger partial charge in [-0.1, -0.05) is 37.3 Å². The number of hydrogen-bond acceptors (Lipinski definition) is 4. The molecule has 4 aromatic rings. The molecular formula is C28H30N4. The van der Waals surface area contributed by atoms with Crippen LogP contribution in [0.1, 0.15) is 12.5 Å². The smallest absolute Gasteiger partial charge is 0.0723 e. The van der Waals surface area contributed by atoms with Gasteiger partial charge < -0.3 is 15.1 Å². The Morgan fingerprint density at radius 2 is 1.66 bits per heavy atom. The van der Waals surface area contributed by atoms with Crippen molar-refractivity contribution in [2.45, 2.75) is 13.3 Å². The van der Waals surface area contributed by atoms with E-state index in [2.05, 4.69) is 107 Å². The van der Waals surface area contributed by atoms with Gasteiger partial charge in [0, 0.05) is 54.8 Å². The van der Waals surface area contributed by atoms with E-state index in [0.29, 0.717) is 0 Å². The molecule has 2 heterocycles. The number of benzene rings is 3. The van der Waals surface area contributed by atoms with Gasteiger partial charge in [-0.05, 0) is 72.6 Å². The van der Waals surface area contributed by atoms with Crippen LogP contribution >= 0.6 is 0 Å². The average molecular weight is 423 g/mol. The van der Waals surface area contributed by atoms with Crippen LogP contribution < -0.4 is 10.2 Å². The number of aromatic nitrogens is 1. The Morgan fingerprint density at radius 1 is 0.875 bits per heavy atom. The van der Waals surface area contributed by atoms with Gasteiger partial charge >= 0.3 is 0 Å². The van der Waals surface area contributed by atoms with Gasteiger partial charge in [-0.3, -0.25) is 4.98 Å². The lowest BCUT2D eigenvalue weighted by atomic mass is 9.96. The summed E-state index contributed by atoms with van der Waals surface area (Å²) in [5, 5.41) is 4.76. The number of likely N-dealkylation sites (N-methyl/N-ethyl adjacent to an activating group) is 1. The summed E-state index contributed by atoms with van der Waals surface area (Å²) in [5.74, 6) is 0. The first-order chi connectivity index (χ1) is 15.7. The predicted molar refractivity (Wildman–Crippen MR) is 136 cm³/mol. The number of nitrogens with zero attached hydrogens (tertiary/aromatic N) is 3. The van der Waals surface area contributed by atoms with Gasteiger partial charge in [-0.2, -0.15) is 0 Å². The zero-order valence-corrected chi connectivity index (χ0v) is 18.9. The van der Waals surface area contributed by atoms with Crippen molar-refractivity contribution in [3.8, 4) is 11.1 Å². The number of nitrogens with one attached hydrogen (secondary N) is 1. The minimum atomic E-state index is 1.00. The van der Waals surface area contributed by atoms with Gasteiger partial charge in [0.05, 0.1) is 5.52 Å². The van der Waals surface area contributed by atoms with Gasteiger partial charge in [-0.15, -0.1) is 0 Å². The Hall–Kier alpha value is -3.37. The van der Waals surface area contributed by atoms with Crippen LogP contribution in [-0.4, -0.2) is 43.1 Å². The van der Waals surface area contributed by atoms with Gasteiger partial charge in [-0.25, -0.2) is 0 Å². The van der Waals surface area contributed by atoms with Crippen LogP contribution in [0.25, 0.3) is 22.0 Å². The summed E-state index contributed by atoms with van der Waals surface area (Å²) >= 11 is 0. The van der Waals surface area contributed by atoms with Gasteiger partial charge in [0.2, 0.25) is 0 Å². The maximum Gasteiger partial charge on any atom is 0.0723 e. The molecule has 0 radical (unpaired) electrons. The first-order valence-corrected chi connectivity index (χ1v) is 11.5. The van der Waals surface area contributed by atoms with E-state index in [1.54, 1.807) is 0 Å². The fraction of sp³-hybridized carbons (Fsp3) is 0.250. The van der Waals surface area contributed by atoms with Crippen molar-refractivity contribution in [3.05, 3.63) is 84.6 Å². The van der Waals surface area contributed by atoms with E-state index in [1.807, 2.05) is 6.20 Å². The highest BCUT2D eigenvalue weighted by Gasteiger charge is 2.14. The van der Waals surface area contributed by atoms with Crippen LogP contribution in [0.15, 0.2) is 79.0 Å². The number of rotatable bonds is 5. The Kier molecular flexibility index (Phi) is 5.78. The first-order valence-electron chi connectivity index (χ1n) is 11.5. The minimum Gasteiger partial charge on any atom is -0.369 e. The summed E-state index contributed by atoms with van der Waals surface area (Å²) in [6, 6.07) is 26.1. The van der Waals surface area contributed by atoms with Crippen molar-refractivity contribution in [3.63, 3.8) is 0 Å². The fourth-order valence-corrected chi connectivity index (χ4v) is 4.51. The molecule has 5 rings (SSSR count). The lowest BCUT2D eigenvalue weighted by Gasteiger charge is -2.34. The second-order valence-electron chi connectivity index (χ2n) is 8.56. The lowest BCUT2D eigenvalue weighted by Crippen LogP contribution is -2.44. The SMILES string of the molecule is CCc1ccccc1-c1ccc2nccc(Nc3ccc(N4CCN(C)CC4)cc3)c2c1. The molecule has 32 heavy (non-hydrogen) atoms. The number of pyridine rings is 1. The topological polar surface area (TPSA) is 31.4 Å². The number of aryl methyl sites for hydroxylation is 1. The van der Waals surface area contributed by atoms with Crippen LogP contribution in [0.3, 0.4) is 0 Å². The van der Waals surface area contributed by atoms with Crippen LogP contribution in [0.2, 0.25) is 0 Å². The molecular weight excluding hydrogens is 392 g/mol. The van der Waals surface area contributed by atoms with E-state index in [4.69, 9.17) is 0 Å². The van der Waals surface area contributed by atoms with E-state index < -0.39 is 0 Å². The highest BCUT2D eigenvalue weighted by Crippen LogP contribution is 2.32. The molecule has 1 N–H and O–H groups in total. The summed E-state index contributed by atoms with van der Waals surface area (Å²) < 4.78 is 0. The molecule has 0 atom stereocenters. The van der Waals surface area contributed by atoms with Crippen LogP contribution in [0.5, 0.6) is 0 Å². The molecule has 0 aliphatic carbocycles. The normalized spacial score (nSPS) is 14.6. The van der Waals surface area contributed by atoms with Crippen molar-refractivity contribution in [2.75, 3.05) is 43.4 Å². The van der Waals surface area contributed by atoms with Gasteiger partial charge in [0.25, 0.3) is 0 Å². The van der Waals surface area contributed by atoms with Crippen molar-refractivity contribution in [2.24, 2.45) is 0 Å². The summed E-state index contributed by atoms with van der Waals surface area (Å²) in [6.07, 6.45) is 2.90. The zero-order valence-electron chi connectivity index (χ0n) is 18.9. The summed E-state index contributed by atoms with van der Waals surface area (Å²) in [7, 11) is 2.19. The van der Waals surface area contributed by atoms with Crippen molar-refractivity contribution in [1.82, 2.24) is 9.88 Å². The number of hydrogen-bond donors (Lipinski definition) is 1. The minimum absolute atomic E-state index is 1.00. The number of anilines is 3. The molecule has 162 valence electrons. The summed E-state index contributed by atoms with van der Waals surface area (Å²) in [4.78, 5) is 9.44.